The van der Waals surface area contributed by atoms with Crippen molar-refractivity contribution in [2.24, 2.45) is 0 Å². The van der Waals surface area contributed by atoms with E-state index in [-0.39, 0.29) is 0 Å². The Bertz CT molecular complexity index is 1390. The molecule has 0 aliphatic carbocycles. The molecule has 0 aliphatic rings. The van der Waals surface area contributed by atoms with E-state index >= 15 is 0 Å². The van der Waals surface area contributed by atoms with Gasteiger partial charge in [-0.2, -0.15) is 0 Å². The van der Waals surface area contributed by atoms with Crippen LogP contribution in [-0.2, 0) is 6.42 Å². The third kappa shape index (κ3) is 3.30. The van der Waals surface area contributed by atoms with Gasteiger partial charge >= 0.3 is 0 Å². The Labute approximate surface area is 185 Å². The Kier molecular flexibility index (Phi) is 4.79. The molecule has 2 nitrogen and oxygen atoms in total. The lowest BCUT2D eigenvalue weighted by Crippen LogP contribution is -2.40. The summed E-state index contributed by atoms with van der Waals surface area (Å²) in [4.78, 5) is 5.00. The number of nitrogens with zero attached hydrogens (tertiary/aromatic N) is 2. The zero-order valence-electron chi connectivity index (χ0n) is 18.7. The zero-order chi connectivity index (χ0) is 21.6. The fourth-order valence-electron chi connectivity index (χ4n) is 4.68. The van der Waals surface area contributed by atoms with Crippen molar-refractivity contribution in [3.05, 3.63) is 90.6 Å². The molecule has 154 valence electrons. The van der Waals surface area contributed by atoms with Crippen LogP contribution in [0.2, 0.25) is 19.6 Å². The van der Waals surface area contributed by atoms with Crippen molar-refractivity contribution in [2.75, 3.05) is 0 Å². The molecule has 3 heteroatoms. The first-order valence-corrected chi connectivity index (χ1v) is 14.6. The van der Waals surface area contributed by atoms with Gasteiger partial charge in [-0.25, -0.2) is 0 Å². The largest absolute Gasteiger partial charge is 0.309 e. The fourth-order valence-corrected chi connectivity index (χ4v) is 6.35. The second-order valence-electron chi connectivity index (χ2n) is 9.22. The van der Waals surface area contributed by atoms with Crippen LogP contribution in [0.3, 0.4) is 0 Å². The summed E-state index contributed by atoms with van der Waals surface area (Å²) >= 11 is 0. The van der Waals surface area contributed by atoms with Gasteiger partial charge in [-0.15, -0.1) is 0 Å². The van der Waals surface area contributed by atoms with Gasteiger partial charge < -0.3 is 4.57 Å². The van der Waals surface area contributed by atoms with Crippen molar-refractivity contribution in [3.8, 4) is 16.9 Å². The van der Waals surface area contributed by atoms with Crippen molar-refractivity contribution in [3.63, 3.8) is 0 Å². The number of hydrogen-bond acceptors (Lipinski definition) is 1. The molecule has 0 unspecified atom stereocenters. The molecule has 31 heavy (non-hydrogen) atoms. The number of aromatic nitrogens is 2. The van der Waals surface area contributed by atoms with Crippen molar-refractivity contribution < 1.29 is 0 Å². The molecule has 2 aromatic heterocycles. The third-order valence-electron chi connectivity index (χ3n) is 6.16. The highest BCUT2D eigenvalue weighted by Gasteiger charge is 2.22. The topological polar surface area (TPSA) is 17.8 Å². The molecule has 0 aliphatic heterocycles. The van der Waals surface area contributed by atoms with E-state index in [0.717, 1.165) is 12.1 Å². The highest BCUT2D eigenvalue weighted by molar-refractivity contribution is 6.89. The van der Waals surface area contributed by atoms with E-state index in [0.29, 0.717) is 0 Å². The van der Waals surface area contributed by atoms with Gasteiger partial charge in [-0.3, -0.25) is 4.98 Å². The maximum absolute atomic E-state index is 5.00. The summed E-state index contributed by atoms with van der Waals surface area (Å²) in [7, 11) is -1.43. The lowest BCUT2D eigenvalue weighted by Gasteiger charge is -2.21. The van der Waals surface area contributed by atoms with Crippen molar-refractivity contribution in [2.45, 2.75) is 33.0 Å². The molecular formula is C28H28N2Si. The molecule has 0 fully saturated rings. The van der Waals surface area contributed by atoms with Crippen LogP contribution < -0.4 is 5.19 Å². The molecule has 5 aromatic rings. The van der Waals surface area contributed by atoms with Crippen molar-refractivity contribution in [1.29, 1.82) is 0 Å². The predicted octanol–water partition coefficient (Wildman–Crippen LogP) is 6.95. The van der Waals surface area contributed by atoms with Crippen LogP contribution >= 0.6 is 0 Å². The monoisotopic (exact) mass is 420 g/mol. The average Bonchev–Trinajstić information content (AvgIpc) is 3.13. The molecule has 0 amide bonds. The van der Waals surface area contributed by atoms with Crippen LogP contribution in [-0.4, -0.2) is 17.6 Å². The van der Waals surface area contributed by atoms with Crippen molar-refractivity contribution in [1.82, 2.24) is 9.55 Å². The van der Waals surface area contributed by atoms with E-state index in [9.17, 15) is 0 Å². The molecule has 0 radical (unpaired) electrons. The molecule has 0 atom stereocenters. The highest BCUT2D eigenvalue weighted by Crippen LogP contribution is 2.37. The van der Waals surface area contributed by atoms with E-state index in [2.05, 4.69) is 116 Å². The van der Waals surface area contributed by atoms with Crippen LogP contribution in [0, 0.1) is 0 Å². The second-order valence-corrected chi connectivity index (χ2v) is 14.3. The second kappa shape index (κ2) is 7.51. The minimum atomic E-state index is -1.43. The Morgan fingerprint density at radius 1 is 0.806 bits per heavy atom. The SMILES string of the molecule is CCc1cc(-c2cccc3c4ccccc4n(-c4ccccc4)c23)ncc1[Si](C)(C)C. The van der Waals surface area contributed by atoms with Gasteiger partial charge in [0.1, 0.15) is 0 Å². The standard InChI is InChI=1S/C28H28N2Si/c1-5-20-18-25(29-19-27(20)31(2,3)4)24-16-11-15-23-22-14-9-10-17-26(22)30(28(23)24)21-12-7-6-8-13-21/h6-19H,5H2,1-4H3. The summed E-state index contributed by atoms with van der Waals surface area (Å²) < 4.78 is 2.39. The molecule has 0 bridgehead atoms. The maximum Gasteiger partial charge on any atom is 0.0799 e. The number of rotatable bonds is 4. The number of aryl methyl sites for hydroxylation is 1. The minimum Gasteiger partial charge on any atom is -0.309 e. The first kappa shape index (κ1) is 19.8. The highest BCUT2D eigenvalue weighted by atomic mass is 28.3. The Morgan fingerprint density at radius 2 is 1.52 bits per heavy atom. The maximum atomic E-state index is 5.00. The van der Waals surface area contributed by atoms with Gasteiger partial charge in [0.05, 0.1) is 24.8 Å². The molecule has 0 saturated heterocycles. The Balaban J connectivity index is 1.86. The van der Waals surface area contributed by atoms with Gasteiger partial charge in [0.15, 0.2) is 0 Å². The smallest absolute Gasteiger partial charge is 0.0799 e. The zero-order valence-corrected chi connectivity index (χ0v) is 19.7. The number of fused-ring (bicyclic) bond motifs is 3. The number of pyridine rings is 1. The average molecular weight is 421 g/mol. The normalized spacial score (nSPS) is 12.0. The van der Waals surface area contributed by atoms with E-state index in [1.165, 1.54) is 43.8 Å². The summed E-state index contributed by atoms with van der Waals surface area (Å²) in [6, 6.07) is 28.3. The lowest BCUT2D eigenvalue weighted by atomic mass is 10.0. The van der Waals surface area contributed by atoms with Crippen LogP contribution in [0.1, 0.15) is 12.5 Å². The molecule has 0 N–H and O–H groups in total. The Morgan fingerprint density at radius 3 is 2.26 bits per heavy atom. The summed E-state index contributed by atoms with van der Waals surface area (Å²) in [6.07, 6.45) is 3.18. The minimum absolute atomic E-state index is 1.03. The van der Waals surface area contributed by atoms with Gasteiger partial charge in [0, 0.05) is 28.2 Å². The first-order valence-electron chi connectivity index (χ1n) is 11.1. The summed E-state index contributed by atoms with van der Waals surface area (Å²) in [5, 5.41) is 4.01. The molecule has 2 heterocycles. The molecule has 5 rings (SSSR count). The van der Waals surface area contributed by atoms with E-state index in [1.807, 2.05) is 0 Å². The van der Waals surface area contributed by atoms with Crippen LogP contribution in [0.25, 0.3) is 38.8 Å². The first-order chi connectivity index (χ1) is 15.0. The fraction of sp³-hybridized carbons (Fsp3) is 0.179. The van der Waals surface area contributed by atoms with Gasteiger partial charge in [0.2, 0.25) is 0 Å². The quantitative estimate of drug-likeness (QED) is 0.288. The molecule has 0 spiro atoms. The van der Waals surface area contributed by atoms with Crippen LogP contribution in [0.4, 0.5) is 0 Å². The molecule has 0 saturated carbocycles. The van der Waals surface area contributed by atoms with E-state index in [1.54, 1.807) is 0 Å². The van der Waals surface area contributed by atoms with Gasteiger partial charge in [-0.1, -0.05) is 81.2 Å². The lowest BCUT2D eigenvalue weighted by molar-refractivity contribution is 1.13. The van der Waals surface area contributed by atoms with Gasteiger partial charge in [-0.05, 0) is 41.4 Å². The summed E-state index contributed by atoms with van der Waals surface area (Å²) in [5.74, 6) is 0. The number of benzene rings is 3. The molecule has 3 aromatic carbocycles. The predicted molar refractivity (Wildman–Crippen MR) is 136 cm³/mol. The Hall–Kier alpha value is -3.17. The number of hydrogen-bond donors (Lipinski definition) is 0. The van der Waals surface area contributed by atoms with Crippen LogP contribution in [0.15, 0.2) is 85.1 Å². The van der Waals surface area contributed by atoms with E-state index in [4.69, 9.17) is 4.98 Å². The summed E-state index contributed by atoms with van der Waals surface area (Å²) in [5.41, 5.74) is 7.31. The number of para-hydroxylation sites is 3. The van der Waals surface area contributed by atoms with E-state index < -0.39 is 8.07 Å². The molecular weight excluding hydrogens is 392 g/mol. The summed E-state index contributed by atoms with van der Waals surface area (Å²) in [6.45, 7) is 9.45. The van der Waals surface area contributed by atoms with Crippen molar-refractivity contribution >= 4 is 35.1 Å². The van der Waals surface area contributed by atoms with Gasteiger partial charge in [0.25, 0.3) is 0 Å². The third-order valence-corrected chi connectivity index (χ3v) is 8.23. The van der Waals surface area contributed by atoms with Crippen LogP contribution in [0.5, 0.6) is 0 Å².